The largest absolute Gasteiger partial charge is 0.375 e. The molecule has 1 aromatic heterocycles. The van der Waals surface area contributed by atoms with E-state index in [4.69, 9.17) is 5.73 Å². The van der Waals surface area contributed by atoms with Gasteiger partial charge in [0.15, 0.2) is 5.13 Å². The van der Waals surface area contributed by atoms with Crippen LogP contribution in [0, 0.1) is 0 Å². The lowest BCUT2D eigenvalue weighted by atomic mass is 9.94. The van der Waals surface area contributed by atoms with Gasteiger partial charge in [-0.1, -0.05) is 11.3 Å². The molecule has 2 rings (SSSR count). The monoisotopic (exact) mass is 197 g/mol. The Morgan fingerprint density at radius 3 is 3.00 bits per heavy atom. The number of carbonyl (C=O) groups excluding carboxylic acids is 1. The number of nitrogen functional groups attached to an aromatic ring is 1. The Morgan fingerprint density at radius 2 is 2.31 bits per heavy atom. The Hall–Kier alpha value is -1.10. The van der Waals surface area contributed by atoms with Crippen LogP contribution in [0.3, 0.4) is 0 Å². The van der Waals surface area contributed by atoms with E-state index in [1.54, 1.807) is 0 Å². The molecule has 0 saturated carbocycles. The Labute approximate surface area is 80.2 Å². The summed E-state index contributed by atoms with van der Waals surface area (Å²) in [5.74, 6) is -0.0551. The zero-order valence-electron chi connectivity index (χ0n) is 7.55. The Kier molecular flexibility index (Phi) is 1.60. The summed E-state index contributed by atoms with van der Waals surface area (Å²) in [6.07, 6.45) is 0.752. The number of nitrogens with one attached hydrogen (secondary N) is 1. The average molecular weight is 197 g/mol. The summed E-state index contributed by atoms with van der Waals surface area (Å²) >= 11 is 1.25. The molecule has 0 spiro atoms. The molecule has 70 valence electrons. The van der Waals surface area contributed by atoms with E-state index in [0.717, 1.165) is 12.1 Å². The van der Waals surface area contributed by atoms with Gasteiger partial charge in [0.25, 0.3) is 5.91 Å². The quantitative estimate of drug-likeness (QED) is 0.646. The minimum Gasteiger partial charge on any atom is -0.375 e. The van der Waals surface area contributed by atoms with E-state index >= 15 is 0 Å². The van der Waals surface area contributed by atoms with E-state index in [0.29, 0.717) is 10.0 Å². The van der Waals surface area contributed by atoms with Crippen LogP contribution in [0.4, 0.5) is 5.13 Å². The van der Waals surface area contributed by atoms with Crippen molar-refractivity contribution in [1.82, 2.24) is 10.3 Å². The first-order valence-electron chi connectivity index (χ1n) is 4.06. The lowest BCUT2D eigenvalue weighted by Crippen LogP contribution is -2.48. The van der Waals surface area contributed by atoms with Crippen molar-refractivity contribution < 1.29 is 4.79 Å². The number of hydrogen-bond acceptors (Lipinski definition) is 4. The maximum atomic E-state index is 11.5. The number of aromatic nitrogens is 1. The molecule has 0 aliphatic carbocycles. The van der Waals surface area contributed by atoms with E-state index in [9.17, 15) is 4.79 Å². The summed E-state index contributed by atoms with van der Waals surface area (Å²) < 4.78 is 0. The van der Waals surface area contributed by atoms with E-state index in [2.05, 4.69) is 10.3 Å². The highest BCUT2D eigenvalue weighted by molar-refractivity contribution is 7.17. The summed E-state index contributed by atoms with van der Waals surface area (Å²) in [6, 6.07) is 0. The number of fused-ring (bicyclic) bond motifs is 1. The van der Waals surface area contributed by atoms with Crippen molar-refractivity contribution in [3.8, 4) is 0 Å². The number of anilines is 1. The number of thiazole rings is 1. The Bertz CT molecular complexity index is 369. The van der Waals surface area contributed by atoms with Crippen LogP contribution in [0.2, 0.25) is 0 Å². The van der Waals surface area contributed by atoms with Gasteiger partial charge in [-0.05, 0) is 13.8 Å². The number of amides is 1. The highest BCUT2D eigenvalue weighted by Crippen LogP contribution is 2.28. The van der Waals surface area contributed by atoms with Gasteiger partial charge in [0.2, 0.25) is 0 Å². The molecule has 0 unspecified atom stereocenters. The van der Waals surface area contributed by atoms with Crippen LogP contribution in [0.15, 0.2) is 0 Å². The number of nitrogens with two attached hydrogens (primary N) is 1. The summed E-state index contributed by atoms with van der Waals surface area (Å²) in [5, 5.41) is 3.37. The first kappa shape index (κ1) is 8.50. The lowest BCUT2D eigenvalue weighted by Gasteiger charge is -2.29. The molecule has 1 aliphatic heterocycles. The van der Waals surface area contributed by atoms with Gasteiger partial charge in [0.1, 0.15) is 4.88 Å². The number of nitrogens with zero attached hydrogens (tertiary/aromatic N) is 1. The predicted octanol–water partition coefficient (Wildman–Crippen LogP) is 0.790. The van der Waals surface area contributed by atoms with Crippen LogP contribution in [0.5, 0.6) is 0 Å². The highest BCUT2D eigenvalue weighted by atomic mass is 32.1. The predicted molar refractivity (Wildman–Crippen MR) is 51.8 cm³/mol. The number of hydrogen-bond donors (Lipinski definition) is 2. The van der Waals surface area contributed by atoms with Crippen molar-refractivity contribution in [2.45, 2.75) is 25.8 Å². The number of carbonyl (C=O) groups is 1. The summed E-state index contributed by atoms with van der Waals surface area (Å²) in [6.45, 7) is 3.95. The van der Waals surface area contributed by atoms with Gasteiger partial charge in [0.05, 0.1) is 5.69 Å². The average Bonchev–Trinajstić information content (AvgIpc) is 2.27. The molecule has 2 heterocycles. The molecule has 3 N–H and O–H groups in total. The second-order valence-corrected chi connectivity index (χ2v) is 4.87. The second kappa shape index (κ2) is 2.45. The molecular formula is C8H11N3OS. The normalized spacial score (nSPS) is 19.4. The van der Waals surface area contributed by atoms with Gasteiger partial charge in [-0.2, -0.15) is 0 Å². The second-order valence-electron chi connectivity index (χ2n) is 3.84. The van der Waals surface area contributed by atoms with Crippen molar-refractivity contribution in [2.75, 3.05) is 5.73 Å². The molecule has 4 nitrogen and oxygen atoms in total. The molecule has 1 aliphatic rings. The molecule has 0 aromatic carbocycles. The fourth-order valence-electron chi connectivity index (χ4n) is 1.49. The molecule has 1 amide bonds. The summed E-state index contributed by atoms with van der Waals surface area (Å²) in [5.41, 5.74) is 6.16. The van der Waals surface area contributed by atoms with Gasteiger partial charge in [0, 0.05) is 12.0 Å². The lowest BCUT2D eigenvalue weighted by molar-refractivity contribution is 0.0901. The van der Waals surface area contributed by atoms with Crippen molar-refractivity contribution in [3.05, 3.63) is 10.6 Å². The Balaban J connectivity index is 2.48. The topological polar surface area (TPSA) is 68.0 Å². The van der Waals surface area contributed by atoms with Gasteiger partial charge in [-0.3, -0.25) is 4.79 Å². The molecule has 0 fully saturated rings. The minimum atomic E-state index is -0.204. The van der Waals surface area contributed by atoms with Crippen molar-refractivity contribution in [3.63, 3.8) is 0 Å². The molecule has 5 heteroatoms. The fraction of sp³-hybridized carbons (Fsp3) is 0.500. The molecule has 13 heavy (non-hydrogen) atoms. The van der Waals surface area contributed by atoms with Gasteiger partial charge < -0.3 is 11.1 Å². The zero-order chi connectivity index (χ0) is 9.64. The molecule has 0 saturated heterocycles. The third-order valence-electron chi connectivity index (χ3n) is 1.98. The molecular weight excluding hydrogens is 186 g/mol. The van der Waals surface area contributed by atoms with Crippen molar-refractivity contribution in [2.24, 2.45) is 0 Å². The first-order chi connectivity index (χ1) is 5.98. The SMILES string of the molecule is CC1(C)Cc2nc(N)sc2C(=O)N1. The van der Waals surface area contributed by atoms with E-state index < -0.39 is 0 Å². The maximum Gasteiger partial charge on any atom is 0.263 e. The van der Waals surface area contributed by atoms with Gasteiger partial charge in [-0.25, -0.2) is 4.98 Å². The van der Waals surface area contributed by atoms with Crippen LogP contribution in [-0.2, 0) is 6.42 Å². The first-order valence-corrected chi connectivity index (χ1v) is 4.87. The van der Waals surface area contributed by atoms with Crippen LogP contribution in [0.1, 0.15) is 29.2 Å². The van der Waals surface area contributed by atoms with Crippen molar-refractivity contribution >= 4 is 22.4 Å². The van der Waals surface area contributed by atoms with Crippen LogP contribution < -0.4 is 11.1 Å². The third-order valence-corrected chi connectivity index (χ3v) is 2.91. The maximum absolute atomic E-state index is 11.5. The van der Waals surface area contributed by atoms with Crippen molar-refractivity contribution in [1.29, 1.82) is 0 Å². The summed E-state index contributed by atoms with van der Waals surface area (Å²) in [4.78, 5) is 16.3. The molecule has 0 bridgehead atoms. The third kappa shape index (κ3) is 1.39. The van der Waals surface area contributed by atoms with Gasteiger partial charge >= 0.3 is 0 Å². The van der Waals surface area contributed by atoms with E-state index in [1.807, 2.05) is 13.8 Å². The van der Waals surface area contributed by atoms with E-state index in [-0.39, 0.29) is 11.4 Å². The highest BCUT2D eigenvalue weighted by Gasteiger charge is 2.32. The number of rotatable bonds is 0. The van der Waals surface area contributed by atoms with Crippen LogP contribution >= 0.6 is 11.3 Å². The minimum absolute atomic E-state index is 0.0551. The smallest absolute Gasteiger partial charge is 0.263 e. The molecule has 0 atom stereocenters. The standard InChI is InChI=1S/C8H11N3OS/c1-8(2)3-4-5(6(12)11-8)13-7(9)10-4/h3H2,1-2H3,(H2,9,10)(H,11,12). The van der Waals surface area contributed by atoms with Crippen LogP contribution in [0.25, 0.3) is 0 Å². The van der Waals surface area contributed by atoms with Gasteiger partial charge in [-0.15, -0.1) is 0 Å². The Morgan fingerprint density at radius 1 is 1.62 bits per heavy atom. The fourth-order valence-corrected chi connectivity index (χ4v) is 2.24. The molecule has 1 aromatic rings. The van der Waals surface area contributed by atoms with Crippen LogP contribution in [-0.4, -0.2) is 16.4 Å². The molecule has 0 radical (unpaired) electrons. The summed E-state index contributed by atoms with van der Waals surface area (Å²) in [7, 11) is 0. The zero-order valence-corrected chi connectivity index (χ0v) is 8.36. The van der Waals surface area contributed by atoms with E-state index in [1.165, 1.54) is 11.3 Å².